The Morgan fingerprint density at radius 2 is 2.07 bits per heavy atom. The Balaban J connectivity index is 2.68. The number of hydrogen-bond acceptors (Lipinski definition) is 3. The lowest BCUT2D eigenvalue weighted by Crippen LogP contribution is -2.56. The first-order valence-electron chi connectivity index (χ1n) is 5.74. The zero-order chi connectivity index (χ0) is 11.5. The summed E-state index contributed by atoms with van der Waals surface area (Å²) in [5, 5.41) is 9.31. The van der Waals surface area contributed by atoms with Crippen LogP contribution in [-0.2, 0) is 4.79 Å². The van der Waals surface area contributed by atoms with Crippen LogP contribution in [0.2, 0.25) is 0 Å². The quantitative estimate of drug-likeness (QED) is 0.734. The molecule has 1 aliphatic rings. The van der Waals surface area contributed by atoms with Gasteiger partial charge in [0.25, 0.3) is 0 Å². The Labute approximate surface area is 91.4 Å². The fourth-order valence-corrected chi connectivity index (χ4v) is 2.28. The number of carbonyl (C=O) groups is 1. The summed E-state index contributed by atoms with van der Waals surface area (Å²) in [5.41, 5.74) is 5.12. The van der Waals surface area contributed by atoms with Gasteiger partial charge in [-0.15, -0.1) is 0 Å². The Kier molecular flexibility index (Phi) is 4.11. The summed E-state index contributed by atoms with van der Waals surface area (Å²) in [4.78, 5) is 13.4. The van der Waals surface area contributed by atoms with E-state index in [2.05, 4.69) is 4.90 Å². The van der Waals surface area contributed by atoms with E-state index in [4.69, 9.17) is 5.73 Å². The predicted octanol–water partition coefficient (Wildman–Crippen LogP) is 1.05. The lowest BCUT2D eigenvalue weighted by atomic mass is 9.91. The molecule has 1 unspecified atom stereocenters. The lowest BCUT2D eigenvalue weighted by Gasteiger charge is -2.41. The fourth-order valence-electron chi connectivity index (χ4n) is 2.28. The molecule has 0 amide bonds. The van der Waals surface area contributed by atoms with Crippen LogP contribution in [0, 0.1) is 0 Å². The van der Waals surface area contributed by atoms with Crippen LogP contribution >= 0.6 is 0 Å². The molecule has 0 radical (unpaired) electrons. The van der Waals surface area contributed by atoms with E-state index in [0.717, 1.165) is 32.4 Å². The van der Waals surface area contributed by atoms with Gasteiger partial charge in [0, 0.05) is 19.1 Å². The summed E-state index contributed by atoms with van der Waals surface area (Å²) in [6.45, 7) is 5.47. The second-order valence-electron chi connectivity index (χ2n) is 4.65. The van der Waals surface area contributed by atoms with Crippen LogP contribution in [0.4, 0.5) is 0 Å². The van der Waals surface area contributed by atoms with E-state index in [1.807, 2.05) is 13.8 Å². The zero-order valence-corrected chi connectivity index (χ0v) is 9.70. The second kappa shape index (κ2) is 4.94. The highest BCUT2D eigenvalue weighted by Crippen LogP contribution is 2.25. The number of likely N-dealkylation sites (tertiary alicyclic amines) is 1. The van der Waals surface area contributed by atoms with Gasteiger partial charge < -0.3 is 10.8 Å². The van der Waals surface area contributed by atoms with Crippen LogP contribution in [0.3, 0.4) is 0 Å². The van der Waals surface area contributed by atoms with E-state index in [9.17, 15) is 9.90 Å². The van der Waals surface area contributed by atoms with E-state index in [1.165, 1.54) is 0 Å². The highest BCUT2D eigenvalue weighted by molar-refractivity contribution is 5.78. The zero-order valence-electron chi connectivity index (χ0n) is 9.70. The Morgan fingerprint density at radius 3 is 2.47 bits per heavy atom. The van der Waals surface area contributed by atoms with Crippen molar-refractivity contribution >= 4 is 5.97 Å². The van der Waals surface area contributed by atoms with Gasteiger partial charge in [-0.2, -0.15) is 0 Å². The molecule has 0 spiro atoms. The first-order valence-corrected chi connectivity index (χ1v) is 5.74. The molecule has 1 atom stereocenters. The highest BCUT2D eigenvalue weighted by atomic mass is 16.4. The third-order valence-electron chi connectivity index (χ3n) is 3.44. The van der Waals surface area contributed by atoms with Gasteiger partial charge in [-0.05, 0) is 26.2 Å². The Bertz CT molecular complexity index is 225. The molecule has 0 bridgehead atoms. The number of nitrogens with zero attached hydrogens (tertiary/aromatic N) is 1. The average molecular weight is 214 g/mol. The molecular formula is C11H22N2O2. The minimum atomic E-state index is -0.708. The molecule has 1 aliphatic heterocycles. The van der Waals surface area contributed by atoms with Crippen molar-refractivity contribution in [2.45, 2.75) is 51.1 Å². The second-order valence-corrected chi connectivity index (χ2v) is 4.65. The van der Waals surface area contributed by atoms with Crippen molar-refractivity contribution in [2.75, 3.05) is 13.1 Å². The van der Waals surface area contributed by atoms with E-state index in [1.54, 1.807) is 0 Å². The van der Waals surface area contributed by atoms with Crippen molar-refractivity contribution in [2.24, 2.45) is 5.73 Å². The lowest BCUT2D eigenvalue weighted by molar-refractivity contribution is -0.152. The third-order valence-corrected chi connectivity index (χ3v) is 3.44. The molecule has 1 rings (SSSR count). The summed E-state index contributed by atoms with van der Waals surface area (Å²) in [6, 6.07) is 0.251. The number of aliphatic carboxylic acids is 1. The van der Waals surface area contributed by atoms with Crippen molar-refractivity contribution < 1.29 is 9.90 Å². The minimum absolute atomic E-state index is 0.251. The smallest absolute Gasteiger partial charge is 0.323 e. The van der Waals surface area contributed by atoms with E-state index in [0.29, 0.717) is 6.42 Å². The third kappa shape index (κ3) is 2.69. The van der Waals surface area contributed by atoms with Gasteiger partial charge in [0.2, 0.25) is 0 Å². The molecule has 3 N–H and O–H groups in total. The molecule has 0 aliphatic carbocycles. The van der Waals surface area contributed by atoms with Gasteiger partial charge in [-0.3, -0.25) is 9.69 Å². The molecule has 4 nitrogen and oxygen atoms in total. The van der Waals surface area contributed by atoms with E-state index < -0.39 is 11.5 Å². The van der Waals surface area contributed by atoms with Crippen LogP contribution in [0.15, 0.2) is 0 Å². The van der Waals surface area contributed by atoms with Crippen LogP contribution in [0.25, 0.3) is 0 Å². The standard InChI is InChI=1S/C11H22N2O2/c1-3-6-11(2,10(14)15)13-7-4-9(12)5-8-13/h9H,3-8,12H2,1-2H3,(H,14,15). The van der Waals surface area contributed by atoms with Gasteiger partial charge in [-0.1, -0.05) is 13.3 Å². The number of carboxylic acid groups (broad SMARTS) is 1. The number of piperidine rings is 1. The molecule has 0 aromatic carbocycles. The summed E-state index contributed by atoms with van der Waals surface area (Å²) >= 11 is 0. The van der Waals surface area contributed by atoms with Crippen LogP contribution in [-0.4, -0.2) is 40.6 Å². The first-order chi connectivity index (χ1) is 7.00. The number of carboxylic acids is 1. The van der Waals surface area contributed by atoms with Crippen molar-refractivity contribution in [1.82, 2.24) is 4.90 Å². The summed E-state index contributed by atoms with van der Waals surface area (Å²) in [7, 11) is 0. The molecule has 1 saturated heterocycles. The van der Waals surface area contributed by atoms with Crippen LogP contribution in [0.1, 0.15) is 39.5 Å². The average Bonchev–Trinajstić information content (AvgIpc) is 2.18. The van der Waals surface area contributed by atoms with Crippen LogP contribution in [0.5, 0.6) is 0 Å². The van der Waals surface area contributed by atoms with Gasteiger partial charge in [0.15, 0.2) is 0 Å². The highest BCUT2D eigenvalue weighted by Gasteiger charge is 2.39. The van der Waals surface area contributed by atoms with Gasteiger partial charge in [0.1, 0.15) is 5.54 Å². The van der Waals surface area contributed by atoms with E-state index >= 15 is 0 Å². The number of rotatable bonds is 4. The van der Waals surface area contributed by atoms with Crippen molar-refractivity contribution in [3.8, 4) is 0 Å². The molecule has 88 valence electrons. The molecular weight excluding hydrogens is 192 g/mol. The molecule has 1 fully saturated rings. The van der Waals surface area contributed by atoms with E-state index in [-0.39, 0.29) is 6.04 Å². The molecule has 0 saturated carbocycles. The SMILES string of the molecule is CCCC(C)(C(=O)O)N1CCC(N)CC1. The predicted molar refractivity (Wildman–Crippen MR) is 59.7 cm³/mol. The largest absolute Gasteiger partial charge is 0.480 e. The van der Waals surface area contributed by atoms with Crippen molar-refractivity contribution in [1.29, 1.82) is 0 Å². The number of hydrogen-bond donors (Lipinski definition) is 2. The topological polar surface area (TPSA) is 66.6 Å². The summed E-state index contributed by atoms with van der Waals surface area (Å²) in [6.07, 6.45) is 3.42. The van der Waals surface area contributed by atoms with Crippen LogP contribution < -0.4 is 5.73 Å². The molecule has 0 aromatic heterocycles. The van der Waals surface area contributed by atoms with Crippen molar-refractivity contribution in [3.63, 3.8) is 0 Å². The maximum Gasteiger partial charge on any atom is 0.323 e. The minimum Gasteiger partial charge on any atom is -0.480 e. The monoisotopic (exact) mass is 214 g/mol. The Hall–Kier alpha value is -0.610. The molecule has 0 aromatic rings. The normalized spacial score (nSPS) is 23.7. The first kappa shape index (κ1) is 12.5. The number of nitrogens with two attached hydrogens (primary N) is 1. The fraction of sp³-hybridized carbons (Fsp3) is 0.909. The van der Waals surface area contributed by atoms with Gasteiger partial charge >= 0.3 is 5.97 Å². The van der Waals surface area contributed by atoms with Gasteiger partial charge in [-0.25, -0.2) is 0 Å². The summed E-state index contributed by atoms with van der Waals surface area (Å²) < 4.78 is 0. The maximum atomic E-state index is 11.3. The maximum absolute atomic E-state index is 11.3. The summed E-state index contributed by atoms with van der Waals surface area (Å²) in [5.74, 6) is -0.708. The van der Waals surface area contributed by atoms with Crippen molar-refractivity contribution in [3.05, 3.63) is 0 Å². The molecule has 1 heterocycles. The Morgan fingerprint density at radius 1 is 1.53 bits per heavy atom. The molecule has 15 heavy (non-hydrogen) atoms. The molecule has 4 heteroatoms. The van der Waals surface area contributed by atoms with Gasteiger partial charge in [0.05, 0.1) is 0 Å².